The largest absolute Gasteiger partial charge is 0.497 e. The first-order chi connectivity index (χ1) is 16.0. The molecule has 0 saturated carbocycles. The van der Waals surface area contributed by atoms with Crippen molar-refractivity contribution in [2.24, 2.45) is 0 Å². The highest BCUT2D eigenvalue weighted by atomic mass is 35.5. The molecule has 168 valence electrons. The lowest BCUT2D eigenvalue weighted by Gasteiger charge is -2.12. The van der Waals surface area contributed by atoms with Gasteiger partial charge in [-0.2, -0.15) is 0 Å². The predicted octanol–water partition coefficient (Wildman–Crippen LogP) is 5.46. The molecule has 6 nitrogen and oxygen atoms in total. The zero-order valence-electron chi connectivity index (χ0n) is 18.3. The van der Waals surface area contributed by atoms with Crippen LogP contribution in [0.1, 0.15) is 27.3 Å². The third-order valence-corrected chi connectivity index (χ3v) is 6.35. The van der Waals surface area contributed by atoms with Crippen LogP contribution >= 0.6 is 23.4 Å². The fraction of sp³-hybridized carbons (Fsp3) is 0.160. The Bertz CT molecular complexity index is 1260. The Kier molecular flexibility index (Phi) is 7.32. The quantitative estimate of drug-likeness (QED) is 0.340. The minimum absolute atomic E-state index is 0.213. The standard InChI is InChI=1S/C25H23ClN4O2S/c1-17-10-12-19(13-11-17)30-23(15-27-24(31)21-8-3-4-9-22(21)26)28-29-25(30)33-16-18-6-5-7-20(14-18)32-2/h3-14H,15-16H2,1-2H3,(H,27,31). The Hall–Kier alpha value is -3.29. The summed E-state index contributed by atoms with van der Waals surface area (Å²) in [5.74, 6) is 1.89. The average Bonchev–Trinajstić information content (AvgIpc) is 3.25. The van der Waals surface area contributed by atoms with Crippen LogP contribution in [0.5, 0.6) is 5.75 Å². The van der Waals surface area contributed by atoms with Gasteiger partial charge in [-0.1, -0.05) is 65.3 Å². The summed E-state index contributed by atoms with van der Waals surface area (Å²) in [6.07, 6.45) is 0. The summed E-state index contributed by atoms with van der Waals surface area (Å²) < 4.78 is 7.29. The van der Waals surface area contributed by atoms with Gasteiger partial charge >= 0.3 is 0 Å². The van der Waals surface area contributed by atoms with Crippen LogP contribution < -0.4 is 10.1 Å². The molecule has 4 aromatic rings. The Morgan fingerprint density at radius 3 is 2.61 bits per heavy atom. The smallest absolute Gasteiger partial charge is 0.253 e. The number of carbonyl (C=O) groups excluding carboxylic acids is 1. The minimum Gasteiger partial charge on any atom is -0.497 e. The van der Waals surface area contributed by atoms with E-state index in [4.69, 9.17) is 16.3 Å². The summed E-state index contributed by atoms with van der Waals surface area (Å²) in [6.45, 7) is 2.25. The Morgan fingerprint density at radius 2 is 1.85 bits per heavy atom. The lowest BCUT2D eigenvalue weighted by molar-refractivity contribution is 0.0950. The molecule has 0 spiro atoms. The van der Waals surface area contributed by atoms with Crippen molar-refractivity contribution in [1.29, 1.82) is 0 Å². The second-order valence-electron chi connectivity index (χ2n) is 7.37. The van der Waals surface area contributed by atoms with Gasteiger partial charge in [0.1, 0.15) is 5.75 Å². The molecule has 0 radical (unpaired) electrons. The molecule has 8 heteroatoms. The van der Waals surface area contributed by atoms with Crippen molar-refractivity contribution in [3.05, 3.63) is 100 Å². The number of carbonyl (C=O) groups is 1. The molecule has 4 rings (SSSR count). The van der Waals surface area contributed by atoms with Crippen molar-refractivity contribution < 1.29 is 9.53 Å². The normalized spacial score (nSPS) is 10.8. The molecule has 0 aliphatic carbocycles. The van der Waals surface area contributed by atoms with Crippen LogP contribution in [0.3, 0.4) is 0 Å². The number of nitrogens with zero attached hydrogens (tertiary/aromatic N) is 3. The van der Waals surface area contributed by atoms with Gasteiger partial charge in [-0.3, -0.25) is 9.36 Å². The van der Waals surface area contributed by atoms with Crippen molar-refractivity contribution in [2.75, 3.05) is 7.11 Å². The monoisotopic (exact) mass is 478 g/mol. The van der Waals surface area contributed by atoms with E-state index in [2.05, 4.69) is 15.5 Å². The first kappa shape index (κ1) is 22.9. The highest BCUT2D eigenvalue weighted by Crippen LogP contribution is 2.27. The maximum Gasteiger partial charge on any atom is 0.253 e. The summed E-state index contributed by atoms with van der Waals surface area (Å²) in [7, 11) is 1.66. The van der Waals surface area contributed by atoms with Gasteiger partial charge in [0.15, 0.2) is 11.0 Å². The van der Waals surface area contributed by atoms with E-state index in [1.54, 1.807) is 43.1 Å². The van der Waals surface area contributed by atoms with E-state index in [1.165, 1.54) is 0 Å². The van der Waals surface area contributed by atoms with Gasteiger partial charge in [-0.05, 0) is 48.9 Å². The van der Waals surface area contributed by atoms with Crippen LogP contribution in [0.15, 0.2) is 78.0 Å². The van der Waals surface area contributed by atoms with Crippen LogP contribution in [0.2, 0.25) is 5.02 Å². The van der Waals surface area contributed by atoms with Crippen LogP contribution in [0.25, 0.3) is 5.69 Å². The van der Waals surface area contributed by atoms with Gasteiger partial charge in [0.25, 0.3) is 5.91 Å². The number of aryl methyl sites for hydroxylation is 1. The summed E-state index contributed by atoms with van der Waals surface area (Å²) in [5.41, 5.74) is 3.63. The molecule has 0 aliphatic heterocycles. The van der Waals surface area contributed by atoms with E-state index in [0.717, 1.165) is 27.7 Å². The van der Waals surface area contributed by atoms with E-state index < -0.39 is 0 Å². The first-order valence-electron chi connectivity index (χ1n) is 10.3. The molecule has 3 aromatic carbocycles. The Labute approximate surface area is 202 Å². The van der Waals surface area contributed by atoms with Crippen LogP contribution in [0, 0.1) is 6.92 Å². The third-order valence-electron chi connectivity index (χ3n) is 5.02. The molecule has 1 aromatic heterocycles. The van der Waals surface area contributed by atoms with Crippen molar-refractivity contribution >= 4 is 29.3 Å². The molecule has 0 fully saturated rings. The Morgan fingerprint density at radius 1 is 1.06 bits per heavy atom. The van der Waals surface area contributed by atoms with E-state index >= 15 is 0 Å². The number of amides is 1. The maximum absolute atomic E-state index is 12.6. The van der Waals surface area contributed by atoms with Crippen molar-refractivity contribution in [2.45, 2.75) is 24.4 Å². The number of halogens is 1. The van der Waals surface area contributed by atoms with Gasteiger partial charge in [-0.15, -0.1) is 10.2 Å². The second-order valence-corrected chi connectivity index (χ2v) is 8.72. The van der Waals surface area contributed by atoms with Gasteiger partial charge in [-0.25, -0.2) is 0 Å². The highest BCUT2D eigenvalue weighted by Gasteiger charge is 2.17. The molecular weight excluding hydrogens is 456 g/mol. The number of hydrogen-bond acceptors (Lipinski definition) is 5. The number of thioether (sulfide) groups is 1. The van der Waals surface area contributed by atoms with Gasteiger partial charge < -0.3 is 10.1 Å². The Balaban J connectivity index is 1.57. The topological polar surface area (TPSA) is 69.0 Å². The molecule has 0 saturated heterocycles. The fourth-order valence-corrected chi connectivity index (χ4v) is 4.41. The molecule has 0 aliphatic rings. The van der Waals surface area contributed by atoms with Crippen molar-refractivity contribution in [3.63, 3.8) is 0 Å². The molecule has 33 heavy (non-hydrogen) atoms. The fourth-order valence-electron chi connectivity index (χ4n) is 3.27. The number of benzene rings is 3. The minimum atomic E-state index is -0.260. The van der Waals surface area contributed by atoms with Crippen LogP contribution in [-0.4, -0.2) is 27.8 Å². The van der Waals surface area contributed by atoms with Crippen LogP contribution in [0.4, 0.5) is 0 Å². The lowest BCUT2D eigenvalue weighted by atomic mass is 10.2. The number of ether oxygens (including phenoxy) is 1. The maximum atomic E-state index is 12.6. The van der Waals surface area contributed by atoms with Gasteiger partial charge in [0, 0.05) is 11.4 Å². The predicted molar refractivity (Wildman–Crippen MR) is 131 cm³/mol. The summed E-state index contributed by atoms with van der Waals surface area (Å²) in [6, 6.07) is 23.0. The molecule has 1 heterocycles. The molecular formula is C25H23ClN4O2S. The molecule has 0 atom stereocenters. The van der Waals surface area contributed by atoms with Gasteiger partial charge in [0.2, 0.25) is 0 Å². The third kappa shape index (κ3) is 5.56. The average molecular weight is 479 g/mol. The van der Waals surface area contributed by atoms with Crippen molar-refractivity contribution in [3.8, 4) is 11.4 Å². The number of hydrogen-bond donors (Lipinski definition) is 1. The lowest BCUT2D eigenvalue weighted by Crippen LogP contribution is -2.25. The first-order valence-corrected chi connectivity index (χ1v) is 11.7. The second kappa shape index (κ2) is 10.6. The molecule has 1 N–H and O–H groups in total. The molecule has 0 bridgehead atoms. The van der Waals surface area contributed by atoms with E-state index in [9.17, 15) is 4.79 Å². The summed E-state index contributed by atoms with van der Waals surface area (Å²) in [5, 5.41) is 12.8. The SMILES string of the molecule is COc1cccc(CSc2nnc(CNC(=O)c3ccccc3Cl)n2-c2ccc(C)cc2)c1. The number of methoxy groups -OCH3 is 1. The van der Waals surface area contributed by atoms with Crippen LogP contribution in [-0.2, 0) is 12.3 Å². The number of aromatic nitrogens is 3. The van der Waals surface area contributed by atoms with E-state index in [1.807, 2.05) is 60.0 Å². The molecule has 0 unspecified atom stereocenters. The molecule has 1 amide bonds. The van der Waals surface area contributed by atoms with E-state index in [0.29, 0.717) is 22.2 Å². The number of nitrogens with one attached hydrogen (secondary N) is 1. The summed E-state index contributed by atoms with van der Waals surface area (Å²) in [4.78, 5) is 12.6. The van der Waals surface area contributed by atoms with Gasteiger partial charge in [0.05, 0.1) is 24.2 Å². The zero-order chi connectivity index (χ0) is 23.2. The van der Waals surface area contributed by atoms with Crippen molar-refractivity contribution in [1.82, 2.24) is 20.1 Å². The zero-order valence-corrected chi connectivity index (χ0v) is 19.9. The number of rotatable bonds is 8. The highest BCUT2D eigenvalue weighted by molar-refractivity contribution is 7.98. The summed E-state index contributed by atoms with van der Waals surface area (Å²) >= 11 is 7.73. The van der Waals surface area contributed by atoms with E-state index in [-0.39, 0.29) is 12.5 Å².